The normalized spacial score (nSPS) is 11.0. The van der Waals surface area contributed by atoms with Crippen molar-refractivity contribution in [2.75, 3.05) is 7.11 Å². The molecular formula is C19H16O4. The molecule has 0 saturated carbocycles. The Morgan fingerprint density at radius 1 is 0.957 bits per heavy atom. The van der Waals surface area contributed by atoms with Gasteiger partial charge in [-0.3, -0.25) is 4.79 Å². The summed E-state index contributed by atoms with van der Waals surface area (Å²) in [5, 5.41) is 8.82. The average molecular weight is 308 g/mol. The maximum absolute atomic E-state index is 11.8. The molecule has 0 aromatic heterocycles. The van der Waals surface area contributed by atoms with Crippen LogP contribution in [0.15, 0.2) is 60.7 Å². The Kier molecular flexibility index (Phi) is 5.47. The summed E-state index contributed by atoms with van der Waals surface area (Å²) in [5.41, 5.74) is 1.85. The SMILES string of the molecule is COc1cccc(/C=C/C(=O)/C=C/c2ccc(C(=O)O)cc2)c1. The van der Waals surface area contributed by atoms with E-state index in [2.05, 4.69) is 0 Å². The lowest BCUT2D eigenvalue weighted by molar-refractivity contribution is -0.110. The standard InChI is InChI=1S/C19H16O4/c1-23-18-4-2-3-15(13-18)8-12-17(20)11-7-14-5-9-16(10-6-14)19(21)22/h2-13H,1H3,(H,21,22)/b11-7+,12-8+. The second kappa shape index (κ2) is 7.75. The number of aromatic carboxylic acids is 1. The molecule has 0 aliphatic rings. The van der Waals surface area contributed by atoms with E-state index in [4.69, 9.17) is 9.84 Å². The van der Waals surface area contributed by atoms with Crippen LogP contribution in [0.2, 0.25) is 0 Å². The molecule has 0 saturated heterocycles. The van der Waals surface area contributed by atoms with Crippen LogP contribution in [0, 0.1) is 0 Å². The van der Waals surface area contributed by atoms with Crippen molar-refractivity contribution in [2.24, 2.45) is 0 Å². The summed E-state index contributed by atoms with van der Waals surface area (Å²) in [6, 6.07) is 13.7. The van der Waals surface area contributed by atoms with Crippen LogP contribution in [0.3, 0.4) is 0 Å². The molecule has 0 fully saturated rings. The Morgan fingerprint density at radius 3 is 2.22 bits per heavy atom. The molecule has 4 heteroatoms. The van der Waals surface area contributed by atoms with Gasteiger partial charge in [0.2, 0.25) is 0 Å². The summed E-state index contributed by atoms with van der Waals surface area (Å²) >= 11 is 0. The Balaban J connectivity index is 2.00. The third-order valence-electron chi connectivity index (χ3n) is 3.13. The number of rotatable bonds is 6. The molecule has 0 spiro atoms. The maximum atomic E-state index is 11.8. The zero-order valence-corrected chi connectivity index (χ0v) is 12.6. The highest BCUT2D eigenvalue weighted by molar-refractivity contribution is 6.04. The zero-order valence-electron chi connectivity index (χ0n) is 12.6. The van der Waals surface area contributed by atoms with Crippen molar-refractivity contribution in [3.05, 3.63) is 77.4 Å². The molecular weight excluding hydrogens is 292 g/mol. The van der Waals surface area contributed by atoms with Crippen molar-refractivity contribution in [2.45, 2.75) is 0 Å². The van der Waals surface area contributed by atoms with E-state index < -0.39 is 5.97 Å². The Morgan fingerprint density at radius 2 is 1.61 bits per heavy atom. The fourth-order valence-corrected chi connectivity index (χ4v) is 1.89. The molecule has 2 aromatic carbocycles. The maximum Gasteiger partial charge on any atom is 0.335 e. The molecule has 0 aliphatic heterocycles. The summed E-state index contributed by atoms with van der Waals surface area (Å²) in [4.78, 5) is 22.6. The zero-order chi connectivity index (χ0) is 16.7. The van der Waals surface area contributed by atoms with Crippen molar-refractivity contribution in [3.8, 4) is 5.75 Å². The van der Waals surface area contributed by atoms with Crippen LogP contribution in [0.1, 0.15) is 21.5 Å². The summed E-state index contributed by atoms with van der Waals surface area (Å²) < 4.78 is 5.12. The Labute approximate surface area is 134 Å². The largest absolute Gasteiger partial charge is 0.497 e. The highest BCUT2D eigenvalue weighted by Crippen LogP contribution is 2.13. The van der Waals surface area contributed by atoms with Crippen LogP contribution >= 0.6 is 0 Å². The first-order valence-electron chi connectivity index (χ1n) is 6.96. The van der Waals surface area contributed by atoms with Gasteiger partial charge in [-0.15, -0.1) is 0 Å². The molecule has 4 nitrogen and oxygen atoms in total. The van der Waals surface area contributed by atoms with Crippen LogP contribution in [-0.4, -0.2) is 24.0 Å². The van der Waals surface area contributed by atoms with Gasteiger partial charge in [0.1, 0.15) is 5.75 Å². The van der Waals surface area contributed by atoms with Gasteiger partial charge < -0.3 is 9.84 Å². The third kappa shape index (κ3) is 4.97. The molecule has 0 aliphatic carbocycles. The van der Waals surface area contributed by atoms with Crippen molar-refractivity contribution >= 4 is 23.9 Å². The lowest BCUT2D eigenvalue weighted by Gasteiger charge is -1.99. The van der Waals surface area contributed by atoms with E-state index in [0.717, 1.165) is 16.9 Å². The van der Waals surface area contributed by atoms with Gasteiger partial charge in [0.25, 0.3) is 0 Å². The quantitative estimate of drug-likeness (QED) is 0.827. The van der Waals surface area contributed by atoms with Crippen LogP contribution in [0.5, 0.6) is 5.75 Å². The monoisotopic (exact) mass is 308 g/mol. The van der Waals surface area contributed by atoms with E-state index in [0.29, 0.717) is 0 Å². The predicted octanol–water partition coefficient (Wildman–Crippen LogP) is 3.69. The summed E-state index contributed by atoms with van der Waals surface area (Å²) in [6.07, 6.45) is 6.26. The first-order chi connectivity index (χ1) is 11.1. The number of benzene rings is 2. The van der Waals surface area contributed by atoms with Crippen LogP contribution < -0.4 is 4.74 Å². The van der Waals surface area contributed by atoms with Crippen LogP contribution in [-0.2, 0) is 4.79 Å². The number of ketones is 1. The van der Waals surface area contributed by atoms with E-state index in [-0.39, 0.29) is 11.3 Å². The first-order valence-corrected chi connectivity index (χ1v) is 6.96. The number of hydrogen-bond donors (Lipinski definition) is 1. The van der Waals surface area contributed by atoms with Gasteiger partial charge in [0.15, 0.2) is 5.78 Å². The lowest BCUT2D eigenvalue weighted by Crippen LogP contribution is -1.94. The average Bonchev–Trinajstić information content (AvgIpc) is 2.58. The predicted molar refractivity (Wildman–Crippen MR) is 89.5 cm³/mol. The number of carboxylic acids is 1. The van der Waals surface area contributed by atoms with Gasteiger partial charge in [-0.25, -0.2) is 4.79 Å². The van der Waals surface area contributed by atoms with Crippen LogP contribution in [0.25, 0.3) is 12.2 Å². The fourth-order valence-electron chi connectivity index (χ4n) is 1.89. The number of carbonyl (C=O) groups is 2. The number of carbonyl (C=O) groups excluding carboxylic acids is 1. The molecule has 2 rings (SSSR count). The Hall–Kier alpha value is -3.14. The van der Waals surface area contributed by atoms with E-state index in [1.54, 1.807) is 31.4 Å². The molecule has 0 unspecified atom stereocenters. The minimum absolute atomic E-state index is 0.157. The molecule has 0 radical (unpaired) electrons. The van der Waals surface area contributed by atoms with Crippen molar-refractivity contribution in [1.29, 1.82) is 0 Å². The highest BCUT2D eigenvalue weighted by atomic mass is 16.5. The molecule has 0 heterocycles. The van der Waals surface area contributed by atoms with E-state index in [1.165, 1.54) is 24.3 Å². The van der Waals surface area contributed by atoms with Gasteiger partial charge in [-0.05, 0) is 47.5 Å². The molecule has 116 valence electrons. The molecule has 0 amide bonds. The third-order valence-corrected chi connectivity index (χ3v) is 3.13. The van der Waals surface area contributed by atoms with Crippen LogP contribution in [0.4, 0.5) is 0 Å². The second-order valence-electron chi connectivity index (χ2n) is 4.77. The van der Waals surface area contributed by atoms with E-state index in [1.807, 2.05) is 24.3 Å². The van der Waals surface area contributed by atoms with Crippen molar-refractivity contribution in [1.82, 2.24) is 0 Å². The van der Waals surface area contributed by atoms with Gasteiger partial charge >= 0.3 is 5.97 Å². The molecule has 0 atom stereocenters. The summed E-state index contributed by atoms with van der Waals surface area (Å²) in [6.45, 7) is 0. The van der Waals surface area contributed by atoms with Crippen molar-refractivity contribution < 1.29 is 19.4 Å². The first kappa shape index (κ1) is 16.2. The fraction of sp³-hybridized carbons (Fsp3) is 0.0526. The van der Waals surface area contributed by atoms with Gasteiger partial charge in [0, 0.05) is 0 Å². The number of methoxy groups -OCH3 is 1. The molecule has 0 bridgehead atoms. The molecule has 23 heavy (non-hydrogen) atoms. The second-order valence-corrected chi connectivity index (χ2v) is 4.77. The number of hydrogen-bond acceptors (Lipinski definition) is 3. The van der Waals surface area contributed by atoms with E-state index in [9.17, 15) is 9.59 Å². The topological polar surface area (TPSA) is 63.6 Å². The minimum Gasteiger partial charge on any atom is -0.497 e. The number of ether oxygens (including phenoxy) is 1. The smallest absolute Gasteiger partial charge is 0.335 e. The number of carboxylic acid groups (broad SMARTS) is 1. The van der Waals surface area contributed by atoms with Gasteiger partial charge in [0.05, 0.1) is 12.7 Å². The summed E-state index contributed by atoms with van der Waals surface area (Å²) in [7, 11) is 1.59. The Bertz CT molecular complexity index is 755. The summed E-state index contributed by atoms with van der Waals surface area (Å²) in [5.74, 6) is -0.401. The van der Waals surface area contributed by atoms with Crippen molar-refractivity contribution in [3.63, 3.8) is 0 Å². The number of allylic oxidation sites excluding steroid dienone is 2. The minimum atomic E-state index is -0.974. The van der Waals surface area contributed by atoms with Gasteiger partial charge in [-0.1, -0.05) is 36.4 Å². The van der Waals surface area contributed by atoms with Gasteiger partial charge in [-0.2, -0.15) is 0 Å². The van der Waals surface area contributed by atoms with E-state index >= 15 is 0 Å². The highest BCUT2D eigenvalue weighted by Gasteiger charge is 2.00. The molecule has 2 aromatic rings. The lowest BCUT2D eigenvalue weighted by atomic mass is 10.1. The molecule has 1 N–H and O–H groups in total.